The summed E-state index contributed by atoms with van der Waals surface area (Å²) in [5, 5.41) is 6.89. The summed E-state index contributed by atoms with van der Waals surface area (Å²) in [7, 11) is 0. The van der Waals surface area contributed by atoms with E-state index in [4.69, 9.17) is 0 Å². The first-order chi connectivity index (χ1) is 13.9. The molecule has 0 aliphatic carbocycles. The number of nitrogens with zero attached hydrogens (tertiary/aromatic N) is 1. The van der Waals surface area contributed by atoms with Crippen LogP contribution in [0.15, 0.2) is 48.5 Å². The van der Waals surface area contributed by atoms with E-state index in [1.165, 1.54) is 22.3 Å². The Labute approximate surface area is 171 Å². The van der Waals surface area contributed by atoms with Gasteiger partial charge in [-0.05, 0) is 31.5 Å². The summed E-state index contributed by atoms with van der Waals surface area (Å²) >= 11 is 1.46. The van der Waals surface area contributed by atoms with Crippen LogP contribution in [-0.2, 0) is 17.0 Å². The summed E-state index contributed by atoms with van der Waals surface area (Å²) in [4.78, 5) is 29.2. The van der Waals surface area contributed by atoms with Gasteiger partial charge in [0.05, 0.1) is 17.8 Å². The zero-order valence-electron chi connectivity index (χ0n) is 15.9. The third kappa shape index (κ3) is 2.43. The Kier molecular flexibility index (Phi) is 3.79. The molecule has 0 fully saturated rings. The number of hydrogen-bond acceptors (Lipinski definition) is 4. The predicted octanol–water partition coefficient (Wildman–Crippen LogP) is 4.06. The van der Waals surface area contributed by atoms with Crippen molar-refractivity contribution in [1.29, 1.82) is 0 Å². The number of aryl methyl sites for hydroxylation is 1. The smallest absolute Gasteiger partial charge is 0.278 e. The van der Waals surface area contributed by atoms with Crippen LogP contribution in [0.5, 0.6) is 0 Å². The van der Waals surface area contributed by atoms with Gasteiger partial charge < -0.3 is 15.5 Å². The lowest BCUT2D eigenvalue weighted by Crippen LogP contribution is -2.60. The SMILES string of the molecule is Cc1sc2c(c1C)C(=O)N[C@@]1(N2)C(=O)N(Cc2ccccc2F)c2ccccc21. The summed E-state index contributed by atoms with van der Waals surface area (Å²) in [5.41, 5.74) is 1.82. The maximum absolute atomic E-state index is 14.3. The molecule has 2 aliphatic heterocycles. The molecule has 0 unspecified atom stereocenters. The highest BCUT2D eigenvalue weighted by Gasteiger charge is 2.55. The Balaban J connectivity index is 1.63. The average molecular weight is 407 g/mol. The molecule has 29 heavy (non-hydrogen) atoms. The largest absolute Gasteiger partial charge is 0.342 e. The van der Waals surface area contributed by atoms with E-state index in [1.807, 2.05) is 38.1 Å². The molecule has 7 heteroatoms. The van der Waals surface area contributed by atoms with Gasteiger partial charge >= 0.3 is 0 Å². The van der Waals surface area contributed by atoms with Gasteiger partial charge in [0.25, 0.3) is 11.8 Å². The number of nitrogens with one attached hydrogen (secondary N) is 2. The second-order valence-corrected chi connectivity index (χ2v) is 8.54. The van der Waals surface area contributed by atoms with Gasteiger partial charge in [-0.15, -0.1) is 11.3 Å². The molecule has 0 saturated carbocycles. The molecule has 0 saturated heterocycles. The van der Waals surface area contributed by atoms with Crippen molar-refractivity contribution in [3.63, 3.8) is 0 Å². The van der Waals surface area contributed by atoms with E-state index >= 15 is 0 Å². The van der Waals surface area contributed by atoms with Crippen LogP contribution in [0.4, 0.5) is 15.1 Å². The standard InChI is InChI=1S/C22H18FN3O2S/c1-12-13(2)29-20-18(12)19(27)24-22(25-20)15-8-4-6-10-17(15)26(21(22)28)11-14-7-3-5-9-16(14)23/h3-10,25H,11H2,1-2H3,(H,24,27)/t22-/m0/s1. The second kappa shape index (κ2) is 6.15. The van der Waals surface area contributed by atoms with Crippen LogP contribution in [0, 0.1) is 19.7 Å². The Bertz CT molecular complexity index is 1190. The van der Waals surface area contributed by atoms with E-state index in [1.54, 1.807) is 18.2 Å². The van der Waals surface area contributed by atoms with Crippen LogP contribution in [0.3, 0.4) is 0 Å². The Morgan fingerprint density at radius 3 is 2.55 bits per heavy atom. The fourth-order valence-electron chi connectivity index (χ4n) is 4.07. The van der Waals surface area contributed by atoms with Crippen LogP contribution in [0.25, 0.3) is 0 Å². The summed E-state index contributed by atoms with van der Waals surface area (Å²) in [6.07, 6.45) is 0. The van der Waals surface area contributed by atoms with Gasteiger partial charge in [-0.1, -0.05) is 36.4 Å². The Morgan fingerprint density at radius 1 is 1.03 bits per heavy atom. The number of thiophene rings is 1. The van der Waals surface area contributed by atoms with Crippen molar-refractivity contribution in [2.75, 3.05) is 10.2 Å². The van der Waals surface area contributed by atoms with Gasteiger partial charge in [0.15, 0.2) is 0 Å². The number of anilines is 2. The molecule has 1 spiro atoms. The van der Waals surface area contributed by atoms with Crippen molar-refractivity contribution in [2.24, 2.45) is 0 Å². The van der Waals surface area contributed by atoms with Crippen molar-refractivity contribution in [3.8, 4) is 0 Å². The first-order valence-corrected chi connectivity index (χ1v) is 10.1. The quantitative estimate of drug-likeness (QED) is 0.674. The van der Waals surface area contributed by atoms with Crippen LogP contribution in [0.1, 0.15) is 31.9 Å². The predicted molar refractivity (Wildman–Crippen MR) is 111 cm³/mol. The van der Waals surface area contributed by atoms with E-state index in [0.717, 1.165) is 10.4 Å². The minimum atomic E-state index is -1.39. The number of amides is 2. The van der Waals surface area contributed by atoms with Crippen molar-refractivity contribution < 1.29 is 14.0 Å². The van der Waals surface area contributed by atoms with E-state index < -0.39 is 5.66 Å². The van der Waals surface area contributed by atoms with Crippen molar-refractivity contribution >= 4 is 33.8 Å². The number of halogens is 1. The fourth-order valence-corrected chi connectivity index (χ4v) is 5.18. The number of fused-ring (bicyclic) bond motifs is 3. The van der Waals surface area contributed by atoms with Crippen LogP contribution >= 0.6 is 11.3 Å². The average Bonchev–Trinajstić information content (AvgIpc) is 3.11. The molecule has 0 radical (unpaired) electrons. The summed E-state index contributed by atoms with van der Waals surface area (Å²) in [6, 6.07) is 13.7. The molecule has 5 rings (SSSR count). The van der Waals surface area contributed by atoms with E-state index in [2.05, 4.69) is 10.6 Å². The van der Waals surface area contributed by atoms with E-state index in [0.29, 0.717) is 27.4 Å². The molecule has 2 amide bonds. The first kappa shape index (κ1) is 17.9. The number of rotatable bonds is 2. The number of carbonyl (C=O) groups is 2. The lowest BCUT2D eigenvalue weighted by atomic mass is 9.97. The third-order valence-electron chi connectivity index (χ3n) is 5.67. The van der Waals surface area contributed by atoms with Gasteiger partial charge in [0, 0.05) is 16.0 Å². The number of benzene rings is 2. The van der Waals surface area contributed by atoms with Gasteiger partial charge in [-0.25, -0.2) is 4.39 Å². The minimum absolute atomic E-state index is 0.0805. The Hall–Kier alpha value is -3.19. The summed E-state index contributed by atoms with van der Waals surface area (Å²) in [6.45, 7) is 3.94. The van der Waals surface area contributed by atoms with Gasteiger partial charge in [0.2, 0.25) is 5.66 Å². The van der Waals surface area contributed by atoms with Crippen LogP contribution in [-0.4, -0.2) is 11.8 Å². The highest BCUT2D eigenvalue weighted by molar-refractivity contribution is 7.16. The van der Waals surface area contributed by atoms with Crippen molar-refractivity contribution in [1.82, 2.24) is 5.32 Å². The molecule has 1 atom stereocenters. The molecule has 2 N–H and O–H groups in total. The van der Waals surface area contributed by atoms with E-state index in [9.17, 15) is 14.0 Å². The first-order valence-electron chi connectivity index (χ1n) is 9.28. The summed E-state index contributed by atoms with van der Waals surface area (Å²) < 4.78 is 14.3. The highest BCUT2D eigenvalue weighted by atomic mass is 32.1. The molecule has 2 aromatic carbocycles. The van der Waals surface area contributed by atoms with Crippen LogP contribution < -0.4 is 15.5 Å². The molecular formula is C22H18FN3O2S. The lowest BCUT2D eigenvalue weighted by Gasteiger charge is -2.35. The molecule has 0 bridgehead atoms. The molecule has 146 valence electrons. The topological polar surface area (TPSA) is 61.4 Å². The number of para-hydroxylation sites is 1. The summed E-state index contributed by atoms with van der Waals surface area (Å²) in [5.74, 6) is -0.979. The third-order valence-corrected chi connectivity index (χ3v) is 6.79. The van der Waals surface area contributed by atoms with Gasteiger partial charge in [0.1, 0.15) is 10.8 Å². The fraction of sp³-hybridized carbons (Fsp3) is 0.182. The van der Waals surface area contributed by atoms with Gasteiger partial charge in [-0.3, -0.25) is 9.59 Å². The minimum Gasteiger partial charge on any atom is -0.342 e. The zero-order valence-corrected chi connectivity index (χ0v) is 16.7. The van der Waals surface area contributed by atoms with Crippen molar-refractivity contribution in [2.45, 2.75) is 26.1 Å². The maximum atomic E-state index is 14.3. The molecule has 2 aliphatic rings. The molecule has 3 heterocycles. The lowest BCUT2D eigenvalue weighted by molar-refractivity contribution is -0.123. The molecular weight excluding hydrogens is 389 g/mol. The molecule has 1 aromatic heterocycles. The molecule has 5 nitrogen and oxygen atoms in total. The zero-order chi connectivity index (χ0) is 20.3. The highest BCUT2D eigenvalue weighted by Crippen LogP contribution is 2.46. The van der Waals surface area contributed by atoms with E-state index in [-0.39, 0.29) is 24.2 Å². The number of hydrogen-bond donors (Lipinski definition) is 2. The van der Waals surface area contributed by atoms with Crippen molar-refractivity contribution in [3.05, 3.63) is 81.5 Å². The normalized spacial score (nSPS) is 19.8. The van der Waals surface area contributed by atoms with Gasteiger partial charge in [-0.2, -0.15) is 0 Å². The van der Waals surface area contributed by atoms with Crippen LogP contribution in [0.2, 0.25) is 0 Å². The maximum Gasteiger partial charge on any atom is 0.278 e. The monoisotopic (exact) mass is 407 g/mol. The Morgan fingerprint density at radius 2 is 1.76 bits per heavy atom. The molecule has 3 aromatic rings. The number of carbonyl (C=O) groups excluding carboxylic acids is 2. The second-order valence-electron chi connectivity index (χ2n) is 7.32.